The lowest BCUT2D eigenvalue weighted by Gasteiger charge is -2.36. The van der Waals surface area contributed by atoms with Gasteiger partial charge in [0, 0.05) is 18.7 Å². The van der Waals surface area contributed by atoms with E-state index in [0.717, 1.165) is 11.3 Å². The molecule has 1 aliphatic rings. The van der Waals surface area contributed by atoms with Gasteiger partial charge in [-0.25, -0.2) is 12.8 Å². The number of pyridine rings is 1. The Kier molecular flexibility index (Phi) is 6.33. The third kappa shape index (κ3) is 4.62. The lowest BCUT2D eigenvalue weighted by atomic mass is 9.75. The summed E-state index contributed by atoms with van der Waals surface area (Å²) in [4.78, 5) is 4.66. The number of halogens is 1. The summed E-state index contributed by atoms with van der Waals surface area (Å²) >= 11 is 1.08. The summed E-state index contributed by atoms with van der Waals surface area (Å²) in [6.45, 7) is 1.87. The number of allylic oxidation sites excluding steroid dienone is 2. The minimum absolute atomic E-state index is 0.0621. The molecule has 1 aliphatic carbocycles. The second kappa shape index (κ2) is 9.48. The maximum atomic E-state index is 13.9. The maximum Gasteiger partial charge on any atom is 0.263 e. The first-order valence-electron chi connectivity index (χ1n) is 11.1. The number of nitrogens with zero attached hydrogens (tertiary/aromatic N) is 4. The first kappa shape index (κ1) is 24.7. The topological polar surface area (TPSA) is 118 Å². The molecule has 186 valence electrons. The minimum Gasteiger partial charge on any atom is -0.373 e. The zero-order chi connectivity index (χ0) is 26.2. The number of fused-ring (bicyclic) bond motifs is 1. The van der Waals surface area contributed by atoms with Gasteiger partial charge in [-0.1, -0.05) is 35.6 Å². The van der Waals surface area contributed by atoms with Crippen molar-refractivity contribution in [1.82, 2.24) is 15.2 Å². The highest BCUT2D eigenvalue weighted by Gasteiger charge is 2.39. The number of nitrogens with one attached hydrogen (secondary N) is 1. The van der Waals surface area contributed by atoms with Crippen LogP contribution in [0.25, 0.3) is 16.3 Å². The Morgan fingerprint density at radius 3 is 2.76 bits per heavy atom. The first-order chi connectivity index (χ1) is 17.7. The number of hydrogen-bond donors (Lipinski definition) is 1. The second-order valence-corrected chi connectivity index (χ2v) is 11.1. The molecule has 0 bridgehead atoms. The summed E-state index contributed by atoms with van der Waals surface area (Å²) in [6, 6.07) is 14.7. The second-order valence-electron chi connectivity index (χ2n) is 8.55. The fraction of sp³-hybridized carbons (Fsp3) is 0.154. The van der Waals surface area contributed by atoms with Gasteiger partial charge in [-0.15, -0.1) is 10.2 Å². The molecule has 37 heavy (non-hydrogen) atoms. The highest BCUT2D eigenvalue weighted by molar-refractivity contribution is 7.93. The van der Waals surface area contributed by atoms with Crippen molar-refractivity contribution in [3.05, 3.63) is 95.0 Å². The van der Waals surface area contributed by atoms with Gasteiger partial charge >= 0.3 is 0 Å². The molecule has 2 atom stereocenters. The Balaban J connectivity index is 1.59. The van der Waals surface area contributed by atoms with Crippen molar-refractivity contribution in [3.63, 3.8) is 0 Å². The van der Waals surface area contributed by atoms with E-state index in [0.29, 0.717) is 33.2 Å². The van der Waals surface area contributed by atoms with Crippen LogP contribution in [0.15, 0.2) is 82.9 Å². The average Bonchev–Trinajstić information content (AvgIpc) is 3.40. The summed E-state index contributed by atoms with van der Waals surface area (Å²) in [7, 11) is -2.31. The van der Waals surface area contributed by atoms with Gasteiger partial charge in [0.1, 0.15) is 11.3 Å². The summed E-state index contributed by atoms with van der Waals surface area (Å²) in [5.41, 5.74) is 2.63. The number of nitriles is 1. The lowest BCUT2D eigenvalue weighted by molar-refractivity contribution is 0.0352. The van der Waals surface area contributed by atoms with Gasteiger partial charge in [-0.2, -0.15) is 5.26 Å². The number of sulfonamides is 1. The molecular weight excluding hydrogens is 513 g/mol. The molecule has 0 amide bonds. The Bertz CT molecular complexity index is 1710. The van der Waals surface area contributed by atoms with E-state index in [9.17, 15) is 18.1 Å². The van der Waals surface area contributed by atoms with Crippen molar-refractivity contribution in [1.29, 1.82) is 5.26 Å². The van der Waals surface area contributed by atoms with Crippen LogP contribution in [-0.4, -0.2) is 36.3 Å². The van der Waals surface area contributed by atoms with Crippen molar-refractivity contribution in [3.8, 4) is 6.07 Å². The Morgan fingerprint density at radius 2 is 2.05 bits per heavy atom. The van der Waals surface area contributed by atoms with E-state index in [-0.39, 0.29) is 10.0 Å². The fourth-order valence-corrected chi connectivity index (χ4v) is 6.12. The van der Waals surface area contributed by atoms with Gasteiger partial charge in [-0.3, -0.25) is 9.71 Å². The zero-order valence-corrected chi connectivity index (χ0v) is 21.3. The van der Waals surface area contributed by atoms with Crippen LogP contribution in [-0.2, 0) is 14.8 Å². The van der Waals surface area contributed by atoms with Crippen LogP contribution in [0.3, 0.4) is 0 Å². The van der Waals surface area contributed by atoms with Crippen molar-refractivity contribution in [2.24, 2.45) is 0 Å². The maximum absolute atomic E-state index is 13.9. The van der Waals surface area contributed by atoms with Crippen LogP contribution in [0.5, 0.6) is 0 Å². The SMILES string of the molecule is COC1(C)C=C(c2cccc(F)c2)C(C#N)=CC1c1nccc2cc(S(=O)(=O)Nc3nncs3)ccc12. The molecule has 2 aromatic heterocycles. The number of hydrogen-bond acceptors (Lipinski definition) is 8. The molecule has 0 aliphatic heterocycles. The van der Waals surface area contributed by atoms with Crippen LogP contribution < -0.4 is 4.72 Å². The van der Waals surface area contributed by atoms with Crippen molar-refractivity contribution < 1.29 is 17.5 Å². The zero-order valence-electron chi connectivity index (χ0n) is 19.7. The number of methoxy groups -OCH3 is 1. The van der Waals surface area contributed by atoms with Gasteiger partial charge in [-0.05, 0) is 59.9 Å². The third-order valence-corrected chi connectivity index (χ3v) is 8.39. The molecule has 1 N–H and O–H groups in total. The Morgan fingerprint density at radius 1 is 1.22 bits per heavy atom. The van der Waals surface area contributed by atoms with Crippen LogP contribution in [0.2, 0.25) is 0 Å². The normalized spacial score (nSPS) is 19.7. The summed E-state index contributed by atoms with van der Waals surface area (Å²) in [5.74, 6) is -0.880. The highest BCUT2D eigenvalue weighted by Crippen LogP contribution is 2.44. The minimum atomic E-state index is -3.88. The summed E-state index contributed by atoms with van der Waals surface area (Å²) in [5, 5.41) is 18.9. The first-order valence-corrected chi connectivity index (χ1v) is 13.4. The van der Waals surface area contributed by atoms with Gasteiger partial charge in [0.2, 0.25) is 5.13 Å². The van der Waals surface area contributed by atoms with Gasteiger partial charge in [0.15, 0.2) is 0 Å². The molecule has 11 heteroatoms. The summed E-state index contributed by atoms with van der Waals surface area (Å²) < 4.78 is 48.0. The molecule has 0 spiro atoms. The number of aromatic nitrogens is 3. The van der Waals surface area contributed by atoms with E-state index >= 15 is 0 Å². The van der Waals surface area contributed by atoms with Gasteiger partial charge in [0.25, 0.3) is 10.0 Å². The number of rotatable bonds is 6. The van der Waals surface area contributed by atoms with Gasteiger partial charge in [0.05, 0.1) is 33.8 Å². The number of benzene rings is 2. The molecule has 0 fully saturated rings. The van der Waals surface area contributed by atoms with Crippen LogP contribution in [0, 0.1) is 17.1 Å². The predicted octanol–water partition coefficient (Wildman–Crippen LogP) is 5.06. The van der Waals surface area contributed by atoms with E-state index in [1.165, 1.54) is 23.7 Å². The predicted molar refractivity (Wildman–Crippen MR) is 139 cm³/mol. The number of ether oxygens (including phenoxy) is 1. The molecule has 2 aromatic carbocycles. The molecule has 0 saturated carbocycles. The lowest BCUT2D eigenvalue weighted by Crippen LogP contribution is -2.35. The van der Waals surface area contributed by atoms with Crippen molar-refractivity contribution >= 4 is 42.8 Å². The van der Waals surface area contributed by atoms with E-state index in [1.54, 1.807) is 49.7 Å². The van der Waals surface area contributed by atoms with E-state index < -0.39 is 27.4 Å². The molecule has 0 saturated heterocycles. The van der Waals surface area contributed by atoms with E-state index in [2.05, 4.69) is 26.0 Å². The molecule has 5 rings (SSSR count). The van der Waals surface area contributed by atoms with E-state index in [1.807, 2.05) is 13.0 Å². The van der Waals surface area contributed by atoms with Crippen LogP contribution in [0.1, 0.15) is 24.1 Å². The Labute approximate surface area is 216 Å². The fourth-order valence-electron chi connectivity index (χ4n) is 4.39. The van der Waals surface area contributed by atoms with E-state index in [4.69, 9.17) is 4.74 Å². The monoisotopic (exact) mass is 533 g/mol. The molecule has 2 unspecified atom stereocenters. The molecular formula is C26H20FN5O3S2. The van der Waals surface area contributed by atoms with Crippen molar-refractivity contribution in [2.45, 2.75) is 23.3 Å². The quantitative estimate of drug-likeness (QED) is 0.368. The Hall–Kier alpha value is -3.98. The standard InChI is InChI=1S/C26H20FN5O3S2/c1-26(35-2)13-22(16-4-3-5-19(27)10-16)18(14-28)12-23(26)24-21-7-6-20(11-17(21)8-9-29-24)37(33,34)32-25-31-30-15-36-25/h3-13,15,23H,1-2H3,(H,31,32). The van der Waals surface area contributed by atoms with Crippen LogP contribution in [0.4, 0.5) is 9.52 Å². The number of anilines is 1. The van der Waals surface area contributed by atoms with Gasteiger partial charge < -0.3 is 4.74 Å². The third-order valence-electron chi connectivity index (χ3n) is 6.32. The summed E-state index contributed by atoms with van der Waals surface area (Å²) in [6.07, 6.45) is 5.18. The average molecular weight is 534 g/mol. The molecule has 0 radical (unpaired) electrons. The highest BCUT2D eigenvalue weighted by atomic mass is 32.2. The largest absolute Gasteiger partial charge is 0.373 e. The van der Waals surface area contributed by atoms with Crippen molar-refractivity contribution in [2.75, 3.05) is 11.8 Å². The molecule has 4 aromatic rings. The molecule has 2 heterocycles. The van der Waals surface area contributed by atoms with Crippen LogP contribution >= 0.6 is 11.3 Å². The smallest absolute Gasteiger partial charge is 0.263 e. The molecule has 8 nitrogen and oxygen atoms in total.